The van der Waals surface area contributed by atoms with Crippen molar-refractivity contribution in [2.75, 3.05) is 13.7 Å². The summed E-state index contributed by atoms with van der Waals surface area (Å²) >= 11 is 0. The smallest absolute Gasteiger partial charge is 0.407 e. The van der Waals surface area contributed by atoms with Crippen LogP contribution in [0, 0.1) is 12.8 Å². The molecule has 2 aromatic rings. The number of nitrogens with zero attached hydrogens (tertiary/aromatic N) is 1. The molecule has 1 amide bonds. The van der Waals surface area contributed by atoms with E-state index in [0.29, 0.717) is 29.8 Å². The average molecular weight is 443 g/mol. The molecule has 0 spiro atoms. The number of aryl methyl sites for hydroxylation is 1. The van der Waals surface area contributed by atoms with Crippen LogP contribution in [-0.2, 0) is 11.3 Å². The molecule has 1 atom stereocenters. The molecule has 1 aromatic heterocycles. The molecule has 0 aliphatic carbocycles. The lowest BCUT2D eigenvalue weighted by Crippen LogP contribution is -2.42. The van der Waals surface area contributed by atoms with E-state index in [2.05, 4.69) is 30.2 Å². The lowest BCUT2D eigenvalue weighted by atomic mass is 9.97. The van der Waals surface area contributed by atoms with E-state index in [9.17, 15) is 4.79 Å². The van der Waals surface area contributed by atoms with Crippen LogP contribution in [-0.4, -0.2) is 36.4 Å². The Kier molecular flexibility index (Phi) is 7.16. The largest absolute Gasteiger partial charge is 0.490 e. The Hall–Kier alpha value is -2.96. The van der Waals surface area contributed by atoms with Crippen LogP contribution in [0.4, 0.5) is 4.79 Å². The van der Waals surface area contributed by atoms with E-state index in [1.54, 1.807) is 7.11 Å². The lowest BCUT2D eigenvalue weighted by Gasteiger charge is -2.26. The predicted molar refractivity (Wildman–Crippen MR) is 123 cm³/mol. The average Bonchev–Trinajstić information content (AvgIpc) is 2.69. The molecule has 0 saturated carbocycles. The fourth-order valence-corrected chi connectivity index (χ4v) is 3.71. The van der Waals surface area contributed by atoms with Crippen LogP contribution in [0.2, 0.25) is 0 Å². The van der Waals surface area contributed by atoms with Crippen LogP contribution in [0.1, 0.15) is 52.3 Å². The van der Waals surface area contributed by atoms with Gasteiger partial charge in [0.05, 0.1) is 13.2 Å². The first-order valence-corrected chi connectivity index (χ1v) is 11.0. The van der Waals surface area contributed by atoms with Gasteiger partial charge in [0.2, 0.25) is 5.75 Å². The molecule has 174 valence electrons. The van der Waals surface area contributed by atoms with Crippen molar-refractivity contribution in [1.29, 1.82) is 0 Å². The molecule has 7 heteroatoms. The van der Waals surface area contributed by atoms with E-state index in [1.807, 2.05) is 46.0 Å². The highest BCUT2D eigenvalue weighted by atomic mass is 16.6. The SMILES string of the molecule is COc1c(OC[C@H](CC(C)C)NC(=O)OC(C)(C)C)ccc2c1OCc1cnc(C)cc1-2. The molecule has 3 rings (SSSR count). The molecule has 1 N–H and O–H groups in total. The third kappa shape index (κ3) is 5.84. The Balaban J connectivity index is 1.80. The molecule has 0 fully saturated rings. The van der Waals surface area contributed by atoms with Gasteiger partial charge in [-0.25, -0.2) is 4.79 Å². The van der Waals surface area contributed by atoms with Crippen molar-refractivity contribution in [3.05, 3.63) is 35.7 Å². The standard InChI is InChI=1S/C25H34N2O5/c1-15(2)10-18(27-24(28)32-25(4,5)6)14-30-21-9-8-19-20-11-16(3)26-12-17(20)13-31-22(19)23(21)29-7/h8-9,11-12,15,18H,10,13-14H2,1-7H3,(H,27,28)/t18-/m0/s1. The van der Waals surface area contributed by atoms with Gasteiger partial charge in [-0.2, -0.15) is 0 Å². The number of nitrogens with one attached hydrogen (secondary N) is 1. The maximum atomic E-state index is 12.3. The summed E-state index contributed by atoms with van der Waals surface area (Å²) in [6.07, 6.45) is 2.15. The monoisotopic (exact) mass is 442 g/mol. The van der Waals surface area contributed by atoms with Crippen molar-refractivity contribution in [1.82, 2.24) is 10.3 Å². The molecular formula is C25H34N2O5. The van der Waals surface area contributed by atoms with Gasteiger partial charge in [-0.05, 0) is 63.8 Å². The zero-order valence-corrected chi connectivity index (χ0v) is 20.1. The molecule has 0 saturated heterocycles. The highest BCUT2D eigenvalue weighted by Crippen LogP contribution is 2.48. The molecule has 0 radical (unpaired) electrons. The van der Waals surface area contributed by atoms with Gasteiger partial charge < -0.3 is 24.3 Å². The number of alkyl carbamates (subject to hydrolysis) is 1. The second kappa shape index (κ2) is 9.67. The quantitative estimate of drug-likeness (QED) is 0.629. The summed E-state index contributed by atoms with van der Waals surface area (Å²) < 4.78 is 23.2. The van der Waals surface area contributed by atoms with Crippen LogP contribution in [0.25, 0.3) is 11.1 Å². The topological polar surface area (TPSA) is 78.9 Å². The number of pyridine rings is 1. The minimum atomic E-state index is -0.559. The van der Waals surface area contributed by atoms with Gasteiger partial charge in [-0.3, -0.25) is 4.98 Å². The summed E-state index contributed by atoms with van der Waals surface area (Å²) in [6.45, 7) is 12.4. The van der Waals surface area contributed by atoms with Crippen molar-refractivity contribution in [3.63, 3.8) is 0 Å². The Morgan fingerprint density at radius 2 is 2.00 bits per heavy atom. The van der Waals surface area contributed by atoms with E-state index in [-0.39, 0.29) is 12.6 Å². The summed E-state index contributed by atoms with van der Waals surface area (Å²) in [6, 6.07) is 5.70. The van der Waals surface area contributed by atoms with Crippen LogP contribution in [0.5, 0.6) is 17.2 Å². The number of carbonyl (C=O) groups is 1. The van der Waals surface area contributed by atoms with Gasteiger partial charge in [-0.15, -0.1) is 0 Å². The van der Waals surface area contributed by atoms with E-state index >= 15 is 0 Å². The maximum absolute atomic E-state index is 12.3. The summed E-state index contributed by atoms with van der Waals surface area (Å²) in [7, 11) is 1.60. The van der Waals surface area contributed by atoms with E-state index in [0.717, 1.165) is 28.8 Å². The van der Waals surface area contributed by atoms with Crippen molar-refractivity contribution >= 4 is 6.09 Å². The molecule has 1 aliphatic heterocycles. The molecule has 1 aliphatic rings. The number of ether oxygens (including phenoxy) is 4. The molecule has 7 nitrogen and oxygen atoms in total. The molecule has 0 bridgehead atoms. The number of hydrogen-bond donors (Lipinski definition) is 1. The number of amides is 1. The van der Waals surface area contributed by atoms with Crippen LogP contribution in [0.15, 0.2) is 24.4 Å². The number of fused-ring (bicyclic) bond motifs is 3. The third-order valence-electron chi connectivity index (χ3n) is 4.98. The van der Waals surface area contributed by atoms with Crippen LogP contribution < -0.4 is 19.5 Å². The second-order valence-electron chi connectivity index (χ2n) is 9.53. The molecule has 32 heavy (non-hydrogen) atoms. The summed E-state index contributed by atoms with van der Waals surface area (Å²) in [5.41, 5.74) is 3.47. The minimum absolute atomic E-state index is 0.207. The van der Waals surface area contributed by atoms with Gasteiger partial charge in [0.15, 0.2) is 11.5 Å². The summed E-state index contributed by atoms with van der Waals surface area (Å²) in [5.74, 6) is 2.15. The Labute approximate surface area is 190 Å². The summed E-state index contributed by atoms with van der Waals surface area (Å²) in [4.78, 5) is 16.6. The van der Waals surface area contributed by atoms with Gasteiger partial charge >= 0.3 is 6.09 Å². The van der Waals surface area contributed by atoms with E-state index < -0.39 is 11.7 Å². The van der Waals surface area contributed by atoms with E-state index in [4.69, 9.17) is 18.9 Å². The summed E-state index contributed by atoms with van der Waals surface area (Å²) in [5, 5.41) is 2.93. The van der Waals surface area contributed by atoms with Crippen molar-refractivity contribution < 1.29 is 23.7 Å². The number of benzene rings is 1. The first-order chi connectivity index (χ1) is 15.1. The van der Waals surface area contributed by atoms with Gasteiger partial charge in [0, 0.05) is 23.0 Å². The first kappa shape index (κ1) is 23.7. The normalized spacial score (nSPS) is 13.5. The van der Waals surface area contributed by atoms with Crippen molar-refractivity contribution in [2.24, 2.45) is 5.92 Å². The Morgan fingerprint density at radius 3 is 2.66 bits per heavy atom. The minimum Gasteiger partial charge on any atom is -0.490 e. The van der Waals surface area contributed by atoms with Gasteiger partial charge in [0.1, 0.15) is 18.8 Å². The number of rotatable bonds is 7. The third-order valence-corrected chi connectivity index (χ3v) is 4.98. The van der Waals surface area contributed by atoms with Crippen LogP contribution in [0.3, 0.4) is 0 Å². The molecule has 0 unspecified atom stereocenters. The molecule has 1 aromatic carbocycles. The van der Waals surface area contributed by atoms with Crippen molar-refractivity contribution in [2.45, 2.75) is 66.2 Å². The molecule has 2 heterocycles. The Morgan fingerprint density at radius 1 is 1.25 bits per heavy atom. The number of hydrogen-bond acceptors (Lipinski definition) is 6. The number of methoxy groups -OCH3 is 1. The highest BCUT2D eigenvalue weighted by Gasteiger charge is 2.26. The fourth-order valence-electron chi connectivity index (χ4n) is 3.71. The number of carbonyl (C=O) groups excluding carboxylic acids is 1. The van der Waals surface area contributed by atoms with Crippen molar-refractivity contribution in [3.8, 4) is 28.4 Å². The predicted octanol–water partition coefficient (Wildman–Crippen LogP) is 5.28. The Bertz CT molecular complexity index is 966. The highest BCUT2D eigenvalue weighted by molar-refractivity contribution is 5.79. The lowest BCUT2D eigenvalue weighted by molar-refractivity contribution is 0.0479. The first-order valence-electron chi connectivity index (χ1n) is 11.0. The second-order valence-corrected chi connectivity index (χ2v) is 9.53. The molecular weight excluding hydrogens is 408 g/mol. The zero-order chi connectivity index (χ0) is 23.5. The van der Waals surface area contributed by atoms with E-state index in [1.165, 1.54) is 0 Å². The van der Waals surface area contributed by atoms with Gasteiger partial charge in [-0.1, -0.05) is 13.8 Å². The maximum Gasteiger partial charge on any atom is 0.407 e. The number of aromatic nitrogens is 1. The zero-order valence-electron chi connectivity index (χ0n) is 20.1. The fraction of sp³-hybridized carbons (Fsp3) is 0.520. The van der Waals surface area contributed by atoms with Gasteiger partial charge in [0.25, 0.3) is 0 Å². The van der Waals surface area contributed by atoms with Crippen LogP contribution >= 0.6 is 0 Å².